The lowest BCUT2D eigenvalue weighted by atomic mass is 9.96. The molecule has 3 atom stereocenters. The summed E-state index contributed by atoms with van der Waals surface area (Å²) < 4.78 is 84.9. The highest BCUT2D eigenvalue weighted by Crippen LogP contribution is 2.45. The SMILES string of the molecule is CS(=O)(=O)NC(=O)c1cc(C2CC2)c(O[C@@H]2CCCN(N3CC[C@H](C(F)(F)F)[C@@H](Cl)C3)C2)cc1F. The van der Waals surface area contributed by atoms with Crippen LogP contribution in [0, 0.1) is 11.7 Å². The molecule has 0 unspecified atom stereocenters. The molecule has 1 N–H and O–H groups in total. The van der Waals surface area contributed by atoms with E-state index < -0.39 is 39.2 Å². The molecule has 13 heteroatoms. The van der Waals surface area contributed by atoms with Gasteiger partial charge in [0.25, 0.3) is 5.91 Å². The summed E-state index contributed by atoms with van der Waals surface area (Å²) in [6.07, 6.45) is -0.795. The molecule has 1 aliphatic carbocycles. The van der Waals surface area contributed by atoms with Crippen molar-refractivity contribution in [2.45, 2.75) is 55.7 Å². The molecular formula is C22H28ClF4N3O4S. The summed E-state index contributed by atoms with van der Waals surface area (Å²) >= 11 is 6.08. The standard InChI is InChI=1S/C22H28ClF4N3O4S/c1-35(32,33)28-21(31)16-9-15(13-4-5-13)20(10-19(16)24)34-14-3-2-7-29(11-14)30-8-6-17(18(23)12-30)22(25,26)27/h9-10,13-14,17-18H,2-8,11-12H2,1H3,(H,28,31)/t14-,17+,18+/m1/s1. The van der Waals surface area contributed by atoms with Gasteiger partial charge in [-0.2, -0.15) is 13.2 Å². The summed E-state index contributed by atoms with van der Waals surface area (Å²) in [6.45, 7) is 1.41. The van der Waals surface area contributed by atoms with Crippen LogP contribution in [0.25, 0.3) is 0 Å². The fourth-order valence-corrected chi connectivity index (χ4v) is 5.63. The maximum Gasteiger partial charge on any atom is 0.393 e. The van der Waals surface area contributed by atoms with E-state index in [1.807, 2.05) is 10.0 Å². The van der Waals surface area contributed by atoms with Crippen LogP contribution in [-0.4, -0.2) is 74.4 Å². The molecule has 1 saturated carbocycles. The lowest BCUT2D eigenvalue weighted by Crippen LogP contribution is -2.57. The van der Waals surface area contributed by atoms with E-state index in [1.54, 1.807) is 4.72 Å². The zero-order chi connectivity index (χ0) is 25.5. The smallest absolute Gasteiger partial charge is 0.393 e. The zero-order valence-electron chi connectivity index (χ0n) is 19.2. The molecule has 2 heterocycles. The Hall–Kier alpha value is -1.63. The Morgan fingerprint density at radius 1 is 1.11 bits per heavy atom. The number of hydrazine groups is 1. The molecule has 2 saturated heterocycles. The van der Waals surface area contributed by atoms with Crippen molar-refractivity contribution in [1.82, 2.24) is 14.7 Å². The predicted octanol–water partition coefficient (Wildman–Crippen LogP) is 3.64. The summed E-state index contributed by atoms with van der Waals surface area (Å²) in [5.74, 6) is -3.07. The van der Waals surface area contributed by atoms with E-state index in [2.05, 4.69) is 0 Å². The minimum Gasteiger partial charge on any atom is -0.489 e. The van der Waals surface area contributed by atoms with Crippen LogP contribution in [0.15, 0.2) is 12.1 Å². The minimum absolute atomic E-state index is 0.0757. The molecule has 0 aromatic heterocycles. The highest BCUT2D eigenvalue weighted by atomic mass is 35.5. The molecule has 35 heavy (non-hydrogen) atoms. The van der Waals surface area contributed by atoms with Gasteiger partial charge in [-0.1, -0.05) is 0 Å². The van der Waals surface area contributed by atoms with Crippen LogP contribution in [0.4, 0.5) is 17.6 Å². The fraction of sp³-hybridized carbons (Fsp3) is 0.682. The van der Waals surface area contributed by atoms with Crippen LogP contribution in [0.1, 0.15) is 53.9 Å². The topological polar surface area (TPSA) is 78.9 Å². The van der Waals surface area contributed by atoms with Gasteiger partial charge in [-0.3, -0.25) is 4.79 Å². The molecule has 3 aliphatic rings. The number of nitrogens with zero attached hydrogens (tertiary/aromatic N) is 2. The van der Waals surface area contributed by atoms with E-state index in [0.29, 0.717) is 30.8 Å². The van der Waals surface area contributed by atoms with Crippen LogP contribution in [-0.2, 0) is 10.0 Å². The van der Waals surface area contributed by atoms with Gasteiger partial charge in [0.15, 0.2) is 0 Å². The average Bonchev–Trinajstić information content (AvgIpc) is 3.57. The second-order valence-electron chi connectivity index (χ2n) is 9.51. The minimum atomic E-state index is -4.32. The van der Waals surface area contributed by atoms with Crippen molar-refractivity contribution >= 4 is 27.5 Å². The number of hydrogen-bond acceptors (Lipinski definition) is 6. The first-order chi connectivity index (χ1) is 16.3. The first-order valence-electron chi connectivity index (χ1n) is 11.5. The van der Waals surface area contributed by atoms with Crippen molar-refractivity contribution < 1.29 is 35.5 Å². The predicted molar refractivity (Wildman–Crippen MR) is 121 cm³/mol. The van der Waals surface area contributed by atoms with Crippen LogP contribution >= 0.6 is 11.6 Å². The Morgan fingerprint density at radius 2 is 1.80 bits per heavy atom. The van der Waals surface area contributed by atoms with E-state index in [0.717, 1.165) is 31.6 Å². The zero-order valence-corrected chi connectivity index (χ0v) is 20.7. The van der Waals surface area contributed by atoms with Gasteiger partial charge in [0.05, 0.1) is 29.7 Å². The van der Waals surface area contributed by atoms with E-state index >= 15 is 0 Å². The monoisotopic (exact) mass is 541 g/mol. The third kappa shape index (κ3) is 6.58. The van der Waals surface area contributed by atoms with E-state index in [1.165, 1.54) is 6.07 Å². The van der Waals surface area contributed by atoms with E-state index in [9.17, 15) is 30.8 Å². The summed E-state index contributed by atoms with van der Waals surface area (Å²) in [5.41, 5.74) is 0.282. The molecule has 0 spiro atoms. The van der Waals surface area contributed by atoms with Gasteiger partial charge in [-0.15, -0.1) is 11.6 Å². The van der Waals surface area contributed by atoms with Crippen molar-refractivity contribution in [1.29, 1.82) is 0 Å². The molecule has 1 aromatic carbocycles. The number of rotatable bonds is 6. The molecule has 3 fully saturated rings. The summed E-state index contributed by atoms with van der Waals surface area (Å²) in [5, 5.41) is 2.76. The van der Waals surface area contributed by atoms with Gasteiger partial charge in [0.1, 0.15) is 17.7 Å². The third-order valence-electron chi connectivity index (χ3n) is 6.63. The quantitative estimate of drug-likeness (QED) is 0.438. The lowest BCUT2D eigenvalue weighted by Gasteiger charge is -2.45. The van der Waals surface area contributed by atoms with Crippen molar-refractivity contribution in [2.24, 2.45) is 5.92 Å². The second-order valence-corrected chi connectivity index (χ2v) is 11.8. The number of alkyl halides is 4. The Morgan fingerprint density at radius 3 is 2.40 bits per heavy atom. The van der Waals surface area contributed by atoms with Crippen molar-refractivity contribution in [2.75, 3.05) is 32.4 Å². The number of carbonyl (C=O) groups excluding carboxylic acids is 1. The van der Waals surface area contributed by atoms with Crippen LogP contribution in [0.3, 0.4) is 0 Å². The van der Waals surface area contributed by atoms with Gasteiger partial charge >= 0.3 is 6.18 Å². The fourth-order valence-electron chi connectivity index (χ4n) is 4.75. The second kappa shape index (κ2) is 10.0. The molecule has 0 bridgehead atoms. The number of carbonyl (C=O) groups is 1. The summed E-state index contributed by atoms with van der Waals surface area (Å²) in [7, 11) is -3.85. The first kappa shape index (κ1) is 26.4. The van der Waals surface area contributed by atoms with Gasteiger partial charge in [-0.05, 0) is 49.7 Å². The van der Waals surface area contributed by atoms with Crippen LogP contribution < -0.4 is 9.46 Å². The number of sulfonamides is 1. The molecular weight excluding hydrogens is 514 g/mol. The molecule has 4 rings (SSSR count). The van der Waals surface area contributed by atoms with E-state index in [4.69, 9.17) is 16.3 Å². The van der Waals surface area contributed by atoms with Gasteiger partial charge in [0, 0.05) is 25.7 Å². The normalized spacial score (nSPS) is 27.0. The number of hydrogen-bond donors (Lipinski definition) is 1. The first-order valence-corrected chi connectivity index (χ1v) is 13.9. The molecule has 1 amide bonds. The number of nitrogens with one attached hydrogen (secondary N) is 1. The van der Waals surface area contributed by atoms with Gasteiger partial charge < -0.3 is 4.74 Å². The Kier molecular flexibility index (Phi) is 7.57. The molecule has 7 nitrogen and oxygen atoms in total. The summed E-state index contributed by atoms with van der Waals surface area (Å²) in [4.78, 5) is 12.2. The van der Waals surface area contributed by atoms with Gasteiger partial charge in [-0.25, -0.2) is 27.5 Å². The van der Waals surface area contributed by atoms with E-state index in [-0.39, 0.29) is 37.1 Å². The Balaban J connectivity index is 1.45. The molecule has 1 aromatic rings. The number of halogens is 5. The number of ether oxygens (including phenoxy) is 1. The molecule has 196 valence electrons. The van der Waals surface area contributed by atoms with Crippen LogP contribution in [0.2, 0.25) is 0 Å². The largest absolute Gasteiger partial charge is 0.489 e. The highest BCUT2D eigenvalue weighted by Gasteiger charge is 2.47. The highest BCUT2D eigenvalue weighted by molar-refractivity contribution is 7.89. The number of piperidine rings is 2. The lowest BCUT2D eigenvalue weighted by molar-refractivity contribution is -0.195. The summed E-state index contributed by atoms with van der Waals surface area (Å²) in [6, 6.07) is 2.47. The van der Waals surface area contributed by atoms with Crippen molar-refractivity contribution in [3.05, 3.63) is 29.1 Å². The maximum absolute atomic E-state index is 14.8. The third-order valence-corrected chi connectivity index (χ3v) is 7.63. The molecule has 2 aliphatic heterocycles. The van der Waals surface area contributed by atoms with Gasteiger partial charge in [0.2, 0.25) is 10.0 Å². The number of amides is 1. The Labute approximate surface area is 206 Å². The average molecular weight is 542 g/mol. The van der Waals surface area contributed by atoms with Crippen molar-refractivity contribution in [3.8, 4) is 5.75 Å². The van der Waals surface area contributed by atoms with Crippen LogP contribution in [0.5, 0.6) is 5.75 Å². The Bertz CT molecular complexity index is 1070. The molecule has 0 radical (unpaired) electrons. The van der Waals surface area contributed by atoms with Crippen molar-refractivity contribution in [3.63, 3.8) is 0 Å². The number of benzene rings is 1. The maximum atomic E-state index is 14.8.